The van der Waals surface area contributed by atoms with Gasteiger partial charge in [-0.1, -0.05) is 166 Å². The molecule has 280 valence electrons. The molecule has 4 nitrogen and oxygen atoms in total. The maximum atomic E-state index is 6.85. The summed E-state index contributed by atoms with van der Waals surface area (Å²) >= 11 is 0. The van der Waals surface area contributed by atoms with E-state index in [2.05, 4.69) is 184 Å². The van der Waals surface area contributed by atoms with E-state index in [0.29, 0.717) is 17.5 Å². The molecule has 2 heterocycles. The van der Waals surface area contributed by atoms with Crippen molar-refractivity contribution >= 4 is 75.8 Å². The fourth-order valence-electron chi connectivity index (χ4n) is 10.1. The third-order valence-electron chi connectivity index (χ3n) is 13.1. The Morgan fingerprint density at radius 2 is 0.983 bits per heavy atom. The maximum absolute atomic E-state index is 6.85. The number of furan rings is 1. The van der Waals surface area contributed by atoms with Gasteiger partial charge in [0.05, 0.1) is 0 Å². The van der Waals surface area contributed by atoms with Crippen LogP contribution in [-0.4, -0.2) is 15.0 Å². The average molecular weight is 766 g/mol. The molecule has 60 heavy (non-hydrogen) atoms. The number of nitrogens with zero attached hydrogens (tertiary/aromatic N) is 3. The Kier molecular flexibility index (Phi) is 6.75. The van der Waals surface area contributed by atoms with Crippen molar-refractivity contribution in [3.63, 3.8) is 0 Å². The standard InChI is InChI=1S/C56H35N3O/c1-56(2)46-17-9-7-15-43(46)51-47(56)31-45(50-44-16-8-10-18-48(44)60-52(50)51)55-58-53(37-22-19-32-11-3-4-13-35(32)29-37)57-54(59-55)38-25-26-40-36(30-38)21-20-34-24-27-41-39-14-6-5-12-33(39)23-28-42(41)49(34)40/h3-31H,1-2H3. The van der Waals surface area contributed by atoms with Crippen molar-refractivity contribution < 1.29 is 4.42 Å². The van der Waals surface area contributed by atoms with Gasteiger partial charge in [-0.25, -0.2) is 15.0 Å². The lowest BCUT2D eigenvalue weighted by atomic mass is 9.81. The number of aromatic nitrogens is 3. The third kappa shape index (κ3) is 4.70. The summed E-state index contributed by atoms with van der Waals surface area (Å²) in [6.45, 7) is 4.61. The van der Waals surface area contributed by atoms with Crippen molar-refractivity contribution in [2.75, 3.05) is 0 Å². The summed E-state index contributed by atoms with van der Waals surface area (Å²) < 4.78 is 6.85. The van der Waals surface area contributed by atoms with E-state index < -0.39 is 0 Å². The van der Waals surface area contributed by atoms with Crippen LogP contribution in [0.2, 0.25) is 0 Å². The molecule has 0 radical (unpaired) electrons. The highest BCUT2D eigenvalue weighted by Gasteiger charge is 2.39. The van der Waals surface area contributed by atoms with Gasteiger partial charge in [0.2, 0.25) is 0 Å². The van der Waals surface area contributed by atoms with Crippen molar-refractivity contribution in [1.29, 1.82) is 0 Å². The number of hydrogen-bond donors (Lipinski definition) is 0. The van der Waals surface area contributed by atoms with Crippen molar-refractivity contribution in [3.8, 4) is 45.3 Å². The fraction of sp³-hybridized carbons (Fsp3) is 0.0536. The zero-order valence-corrected chi connectivity index (χ0v) is 33.0. The molecule has 1 aliphatic rings. The molecule has 0 spiro atoms. The number of benzene rings is 10. The molecule has 0 N–H and O–H groups in total. The second-order valence-electron chi connectivity index (χ2n) is 16.7. The normalized spacial score (nSPS) is 13.3. The predicted molar refractivity (Wildman–Crippen MR) is 249 cm³/mol. The summed E-state index contributed by atoms with van der Waals surface area (Å²) in [6, 6.07) is 63.1. The number of hydrogen-bond acceptors (Lipinski definition) is 4. The van der Waals surface area contributed by atoms with Gasteiger partial charge < -0.3 is 4.42 Å². The smallest absolute Gasteiger partial charge is 0.164 e. The van der Waals surface area contributed by atoms with Crippen LogP contribution in [0.25, 0.3) is 121 Å². The lowest BCUT2D eigenvalue weighted by molar-refractivity contribution is 0.653. The van der Waals surface area contributed by atoms with Crippen LogP contribution in [0.15, 0.2) is 180 Å². The van der Waals surface area contributed by atoms with Crippen LogP contribution in [0, 0.1) is 0 Å². The summed E-state index contributed by atoms with van der Waals surface area (Å²) in [5, 5.41) is 14.2. The minimum atomic E-state index is -0.261. The molecule has 0 saturated carbocycles. The van der Waals surface area contributed by atoms with Gasteiger partial charge in [0.15, 0.2) is 17.5 Å². The van der Waals surface area contributed by atoms with Gasteiger partial charge in [-0.15, -0.1) is 0 Å². The Morgan fingerprint density at radius 3 is 1.85 bits per heavy atom. The van der Waals surface area contributed by atoms with Gasteiger partial charge in [0, 0.05) is 38.4 Å². The van der Waals surface area contributed by atoms with Crippen LogP contribution < -0.4 is 0 Å². The second-order valence-corrected chi connectivity index (χ2v) is 16.7. The SMILES string of the molecule is CC1(C)c2ccccc2-c2c1cc(-c1nc(-c3ccc4ccccc4c3)nc(-c3ccc4c(ccc5ccc6c7ccccc7ccc6c54)c3)n1)c1c2oc2ccccc21. The van der Waals surface area contributed by atoms with E-state index >= 15 is 0 Å². The van der Waals surface area contributed by atoms with Crippen LogP contribution in [0.1, 0.15) is 25.0 Å². The molecule has 4 heteroatoms. The fourth-order valence-corrected chi connectivity index (χ4v) is 10.1. The highest BCUT2D eigenvalue weighted by molar-refractivity contribution is 6.25. The quantitative estimate of drug-likeness (QED) is 0.168. The molecule has 10 aromatic carbocycles. The van der Waals surface area contributed by atoms with E-state index in [1.54, 1.807) is 0 Å². The van der Waals surface area contributed by atoms with Gasteiger partial charge in [-0.2, -0.15) is 0 Å². The lowest BCUT2D eigenvalue weighted by Gasteiger charge is -2.22. The molecule has 0 unspecified atom stereocenters. The van der Waals surface area contributed by atoms with Crippen LogP contribution in [-0.2, 0) is 5.41 Å². The first-order valence-corrected chi connectivity index (χ1v) is 20.6. The van der Waals surface area contributed by atoms with Crippen molar-refractivity contribution in [2.45, 2.75) is 19.3 Å². The number of fused-ring (bicyclic) bond motifs is 15. The molecular weight excluding hydrogens is 731 g/mol. The first-order chi connectivity index (χ1) is 29.5. The second kappa shape index (κ2) is 12.2. The van der Waals surface area contributed by atoms with Crippen molar-refractivity contribution in [3.05, 3.63) is 187 Å². The Balaban J connectivity index is 1.08. The molecular formula is C56H35N3O. The van der Waals surface area contributed by atoms with E-state index in [4.69, 9.17) is 19.4 Å². The molecule has 0 aliphatic heterocycles. The maximum Gasteiger partial charge on any atom is 0.164 e. The molecule has 13 rings (SSSR count). The minimum Gasteiger partial charge on any atom is -0.455 e. The molecule has 0 fully saturated rings. The summed E-state index contributed by atoms with van der Waals surface area (Å²) in [5.41, 5.74) is 9.11. The molecule has 0 atom stereocenters. The van der Waals surface area contributed by atoms with E-state index in [1.165, 1.54) is 59.8 Å². The van der Waals surface area contributed by atoms with Crippen LogP contribution in [0.4, 0.5) is 0 Å². The van der Waals surface area contributed by atoms with Gasteiger partial charge in [-0.05, 0) is 94.8 Å². The molecule has 2 aromatic heterocycles. The summed E-state index contributed by atoms with van der Waals surface area (Å²) in [7, 11) is 0. The van der Waals surface area contributed by atoms with E-state index in [9.17, 15) is 0 Å². The first kappa shape index (κ1) is 33.3. The monoisotopic (exact) mass is 765 g/mol. The van der Waals surface area contributed by atoms with Crippen molar-refractivity contribution in [1.82, 2.24) is 15.0 Å². The predicted octanol–water partition coefficient (Wildman–Crippen LogP) is 14.8. The highest BCUT2D eigenvalue weighted by atomic mass is 16.3. The Morgan fingerprint density at radius 1 is 0.383 bits per heavy atom. The minimum absolute atomic E-state index is 0.261. The lowest BCUT2D eigenvalue weighted by Crippen LogP contribution is -2.15. The van der Waals surface area contributed by atoms with E-state index in [-0.39, 0.29) is 5.41 Å². The third-order valence-corrected chi connectivity index (χ3v) is 13.1. The highest BCUT2D eigenvalue weighted by Crippen LogP contribution is 2.54. The summed E-state index contributed by atoms with van der Waals surface area (Å²) in [5.74, 6) is 1.87. The van der Waals surface area contributed by atoms with Crippen LogP contribution >= 0.6 is 0 Å². The number of rotatable bonds is 3. The van der Waals surface area contributed by atoms with Gasteiger partial charge in [0.1, 0.15) is 11.2 Å². The van der Waals surface area contributed by atoms with Gasteiger partial charge in [-0.3, -0.25) is 0 Å². The Labute approximate surface area is 345 Å². The van der Waals surface area contributed by atoms with E-state index in [1.807, 2.05) is 6.07 Å². The van der Waals surface area contributed by atoms with Gasteiger partial charge >= 0.3 is 0 Å². The Hall–Kier alpha value is -7.69. The summed E-state index contributed by atoms with van der Waals surface area (Å²) in [6.07, 6.45) is 0. The zero-order chi connectivity index (χ0) is 39.7. The molecule has 0 saturated heterocycles. The number of para-hydroxylation sites is 1. The molecule has 1 aliphatic carbocycles. The largest absolute Gasteiger partial charge is 0.455 e. The summed E-state index contributed by atoms with van der Waals surface area (Å²) in [4.78, 5) is 16.1. The van der Waals surface area contributed by atoms with E-state index in [0.717, 1.165) is 55.0 Å². The zero-order valence-electron chi connectivity index (χ0n) is 33.0. The topological polar surface area (TPSA) is 51.8 Å². The van der Waals surface area contributed by atoms with Crippen molar-refractivity contribution in [2.24, 2.45) is 0 Å². The average Bonchev–Trinajstić information content (AvgIpc) is 3.80. The first-order valence-electron chi connectivity index (χ1n) is 20.6. The molecule has 12 aromatic rings. The van der Waals surface area contributed by atoms with Crippen LogP contribution in [0.5, 0.6) is 0 Å². The molecule has 0 amide bonds. The Bertz CT molecular complexity index is 3820. The molecule has 0 bridgehead atoms. The van der Waals surface area contributed by atoms with Crippen LogP contribution in [0.3, 0.4) is 0 Å². The van der Waals surface area contributed by atoms with Gasteiger partial charge in [0.25, 0.3) is 0 Å².